The summed E-state index contributed by atoms with van der Waals surface area (Å²) in [6.45, 7) is -0.106. The molecule has 1 amide bonds. The van der Waals surface area contributed by atoms with E-state index in [-0.39, 0.29) is 18.8 Å². The maximum absolute atomic E-state index is 12.7. The lowest BCUT2D eigenvalue weighted by Crippen LogP contribution is -2.43. The molecule has 30 heavy (non-hydrogen) atoms. The second kappa shape index (κ2) is 8.95. The number of carbonyl (C=O) groups is 2. The van der Waals surface area contributed by atoms with Gasteiger partial charge in [0.2, 0.25) is 5.76 Å². The minimum atomic E-state index is -0.901. The highest BCUT2D eigenvalue weighted by molar-refractivity contribution is 5.94. The van der Waals surface area contributed by atoms with Crippen molar-refractivity contribution in [1.82, 2.24) is 10.5 Å². The largest absolute Gasteiger partial charge is 0.461 e. The Balaban J connectivity index is 1.42. The second-order valence-electron chi connectivity index (χ2n) is 6.46. The number of benzene rings is 1. The molecule has 4 rings (SSSR count). The first-order chi connectivity index (χ1) is 14.7. The van der Waals surface area contributed by atoms with Gasteiger partial charge in [0.15, 0.2) is 11.5 Å². The number of nitrogens with one attached hydrogen (secondary N) is 1. The molecule has 4 aromatic rings. The second-order valence-corrected chi connectivity index (χ2v) is 6.46. The summed E-state index contributed by atoms with van der Waals surface area (Å²) in [5, 5.41) is 6.54. The number of esters is 1. The quantitative estimate of drug-likeness (QED) is 0.445. The van der Waals surface area contributed by atoms with E-state index in [0.717, 1.165) is 5.56 Å². The molecular formula is C22H18N2O6. The van der Waals surface area contributed by atoms with E-state index in [9.17, 15) is 9.59 Å². The minimum Gasteiger partial charge on any atom is -0.461 e. The van der Waals surface area contributed by atoms with Gasteiger partial charge in [0.1, 0.15) is 18.3 Å². The van der Waals surface area contributed by atoms with Gasteiger partial charge in [0, 0.05) is 12.5 Å². The first-order valence-corrected chi connectivity index (χ1v) is 9.23. The third-order valence-corrected chi connectivity index (χ3v) is 4.30. The number of amides is 1. The molecule has 0 saturated heterocycles. The third kappa shape index (κ3) is 4.67. The zero-order valence-electron chi connectivity index (χ0n) is 15.8. The van der Waals surface area contributed by atoms with Gasteiger partial charge >= 0.3 is 5.97 Å². The van der Waals surface area contributed by atoms with Crippen LogP contribution in [0.3, 0.4) is 0 Å². The molecule has 0 aliphatic rings. The number of hydrogen-bond acceptors (Lipinski definition) is 7. The lowest BCUT2D eigenvalue weighted by molar-refractivity contribution is -0.147. The molecule has 8 heteroatoms. The first-order valence-electron chi connectivity index (χ1n) is 9.23. The highest BCUT2D eigenvalue weighted by atomic mass is 16.5. The van der Waals surface area contributed by atoms with Crippen molar-refractivity contribution in [3.05, 3.63) is 90.2 Å². The molecule has 0 aliphatic heterocycles. The number of furan rings is 2. The van der Waals surface area contributed by atoms with Crippen LogP contribution in [-0.4, -0.2) is 23.1 Å². The normalized spacial score (nSPS) is 11.7. The summed E-state index contributed by atoms with van der Waals surface area (Å²) in [4.78, 5) is 25.1. The Bertz CT molecular complexity index is 1080. The summed E-state index contributed by atoms with van der Waals surface area (Å²) in [5.74, 6) is -0.0352. The van der Waals surface area contributed by atoms with Crippen LogP contribution in [0.2, 0.25) is 0 Å². The van der Waals surface area contributed by atoms with Gasteiger partial charge in [-0.2, -0.15) is 0 Å². The predicted molar refractivity (Wildman–Crippen MR) is 104 cm³/mol. The van der Waals surface area contributed by atoms with Crippen molar-refractivity contribution in [2.45, 2.75) is 19.1 Å². The van der Waals surface area contributed by atoms with Gasteiger partial charge in [-0.1, -0.05) is 35.5 Å². The van der Waals surface area contributed by atoms with Crippen molar-refractivity contribution in [3.63, 3.8) is 0 Å². The molecule has 0 radical (unpaired) electrons. The average Bonchev–Trinajstić information content (AvgIpc) is 3.54. The van der Waals surface area contributed by atoms with E-state index in [0.29, 0.717) is 17.2 Å². The van der Waals surface area contributed by atoms with E-state index in [1.165, 1.54) is 18.6 Å². The van der Waals surface area contributed by atoms with Crippen molar-refractivity contribution in [1.29, 1.82) is 0 Å². The third-order valence-electron chi connectivity index (χ3n) is 4.30. The van der Waals surface area contributed by atoms with Crippen molar-refractivity contribution in [2.75, 3.05) is 0 Å². The number of hydrogen-bond donors (Lipinski definition) is 1. The van der Waals surface area contributed by atoms with Gasteiger partial charge < -0.3 is 23.4 Å². The van der Waals surface area contributed by atoms with Gasteiger partial charge in [-0.25, -0.2) is 4.79 Å². The number of nitrogens with zero attached hydrogens (tertiary/aromatic N) is 1. The smallest absolute Gasteiger partial charge is 0.329 e. The number of rotatable bonds is 8. The summed E-state index contributed by atoms with van der Waals surface area (Å²) in [6.07, 6.45) is 3.18. The van der Waals surface area contributed by atoms with Crippen molar-refractivity contribution in [3.8, 4) is 11.5 Å². The predicted octanol–water partition coefficient (Wildman–Crippen LogP) is 3.61. The van der Waals surface area contributed by atoms with E-state index < -0.39 is 17.9 Å². The summed E-state index contributed by atoms with van der Waals surface area (Å²) in [6, 6.07) is 16.6. The van der Waals surface area contributed by atoms with Crippen LogP contribution in [0.15, 0.2) is 86.5 Å². The van der Waals surface area contributed by atoms with E-state index >= 15 is 0 Å². The van der Waals surface area contributed by atoms with Crippen LogP contribution in [0, 0.1) is 0 Å². The lowest BCUT2D eigenvalue weighted by atomic mass is 10.1. The van der Waals surface area contributed by atoms with Crippen molar-refractivity contribution in [2.24, 2.45) is 0 Å². The van der Waals surface area contributed by atoms with Gasteiger partial charge in [-0.05, 0) is 29.8 Å². The zero-order valence-corrected chi connectivity index (χ0v) is 15.8. The molecule has 0 fully saturated rings. The Morgan fingerprint density at radius 3 is 2.50 bits per heavy atom. The zero-order chi connectivity index (χ0) is 20.8. The van der Waals surface area contributed by atoms with Crippen LogP contribution in [0.25, 0.3) is 11.5 Å². The van der Waals surface area contributed by atoms with Crippen LogP contribution in [0.5, 0.6) is 0 Å². The Hall–Kier alpha value is -4.07. The van der Waals surface area contributed by atoms with Crippen LogP contribution in [0.1, 0.15) is 21.8 Å². The fourth-order valence-electron chi connectivity index (χ4n) is 2.84. The molecule has 0 saturated carbocycles. The van der Waals surface area contributed by atoms with E-state index in [1.54, 1.807) is 24.3 Å². The Labute approximate surface area is 171 Å². The highest BCUT2D eigenvalue weighted by Gasteiger charge is 2.25. The molecule has 1 aromatic carbocycles. The van der Waals surface area contributed by atoms with Crippen molar-refractivity contribution >= 4 is 11.9 Å². The highest BCUT2D eigenvalue weighted by Crippen LogP contribution is 2.21. The maximum atomic E-state index is 12.7. The van der Waals surface area contributed by atoms with Gasteiger partial charge in [0.05, 0.1) is 12.5 Å². The Morgan fingerprint density at radius 2 is 1.77 bits per heavy atom. The average molecular weight is 406 g/mol. The van der Waals surface area contributed by atoms with Gasteiger partial charge in [0.25, 0.3) is 5.91 Å². The molecular weight excluding hydrogens is 388 g/mol. The standard InChI is InChI=1S/C22H18N2O6/c25-21(19-9-5-11-28-19)23-17(12-15-6-2-1-3-7-15)22(26)29-14-16-13-20(30-24-16)18-8-4-10-27-18/h1-11,13,17H,12,14H2,(H,23,25). The summed E-state index contributed by atoms with van der Waals surface area (Å²) in [5.41, 5.74) is 1.30. The summed E-state index contributed by atoms with van der Waals surface area (Å²) in [7, 11) is 0. The maximum Gasteiger partial charge on any atom is 0.329 e. The number of carbonyl (C=O) groups excluding carboxylic acids is 2. The fraction of sp³-hybridized carbons (Fsp3) is 0.136. The molecule has 1 N–H and O–H groups in total. The topological polar surface area (TPSA) is 108 Å². The molecule has 0 spiro atoms. The summed E-state index contributed by atoms with van der Waals surface area (Å²) < 4.78 is 20.9. The van der Waals surface area contributed by atoms with Gasteiger partial charge in [-0.15, -0.1) is 0 Å². The minimum absolute atomic E-state index is 0.106. The monoisotopic (exact) mass is 406 g/mol. The molecule has 0 aliphatic carbocycles. The first kappa shape index (κ1) is 19.3. The molecule has 1 unspecified atom stereocenters. The lowest BCUT2D eigenvalue weighted by Gasteiger charge is -2.17. The molecule has 0 bridgehead atoms. The number of aromatic nitrogens is 1. The van der Waals surface area contributed by atoms with E-state index in [1.807, 2.05) is 30.3 Å². The van der Waals surface area contributed by atoms with E-state index in [2.05, 4.69) is 10.5 Å². The van der Waals surface area contributed by atoms with Crippen LogP contribution >= 0.6 is 0 Å². The van der Waals surface area contributed by atoms with Crippen LogP contribution in [-0.2, 0) is 22.6 Å². The SMILES string of the molecule is O=C(NC(Cc1ccccc1)C(=O)OCc1cc(-c2ccco2)on1)c1ccco1. The fourth-order valence-corrected chi connectivity index (χ4v) is 2.84. The molecule has 3 aromatic heterocycles. The molecule has 8 nitrogen and oxygen atoms in total. The molecule has 3 heterocycles. The Kier molecular flexibility index (Phi) is 5.75. The van der Waals surface area contributed by atoms with Gasteiger partial charge in [-0.3, -0.25) is 4.79 Å². The van der Waals surface area contributed by atoms with Crippen molar-refractivity contribution < 1.29 is 27.7 Å². The summed E-state index contributed by atoms with van der Waals surface area (Å²) >= 11 is 0. The number of ether oxygens (including phenoxy) is 1. The van der Waals surface area contributed by atoms with Crippen LogP contribution < -0.4 is 5.32 Å². The Morgan fingerprint density at radius 1 is 0.967 bits per heavy atom. The van der Waals surface area contributed by atoms with Crippen LogP contribution in [0.4, 0.5) is 0 Å². The van der Waals surface area contributed by atoms with E-state index in [4.69, 9.17) is 18.1 Å². The molecule has 152 valence electrons. The molecule has 1 atom stereocenters.